The first kappa shape index (κ1) is 28.3. The van der Waals surface area contributed by atoms with E-state index in [9.17, 15) is 34.4 Å². The van der Waals surface area contributed by atoms with Crippen molar-refractivity contribution in [2.45, 2.75) is 43.6 Å². The van der Waals surface area contributed by atoms with Gasteiger partial charge in [-0.25, -0.2) is 4.39 Å². The number of benzene rings is 1. The molecule has 0 aromatic heterocycles. The van der Waals surface area contributed by atoms with E-state index in [2.05, 4.69) is 0 Å². The molecule has 40 heavy (non-hydrogen) atoms. The van der Waals surface area contributed by atoms with Gasteiger partial charge in [0.15, 0.2) is 0 Å². The van der Waals surface area contributed by atoms with Crippen molar-refractivity contribution in [3.8, 4) is 5.75 Å². The van der Waals surface area contributed by atoms with Crippen LogP contribution in [0, 0.1) is 11.8 Å². The van der Waals surface area contributed by atoms with Crippen LogP contribution in [-0.2, 0) is 22.6 Å². The Morgan fingerprint density at radius 2 is 1.93 bits per heavy atom. The first-order valence-corrected chi connectivity index (χ1v) is 13.3. The van der Waals surface area contributed by atoms with Gasteiger partial charge in [0.2, 0.25) is 0 Å². The number of hydrogen-bond donors (Lipinski definition) is 5. The molecule has 0 spiro atoms. The van der Waals surface area contributed by atoms with Crippen molar-refractivity contribution in [3.63, 3.8) is 0 Å². The van der Waals surface area contributed by atoms with Crippen LogP contribution in [0.15, 0.2) is 23.0 Å². The first-order valence-electron chi connectivity index (χ1n) is 13.3. The van der Waals surface area contributed by atoms with E-state index < -0.39 is 63.9 Å². The molecule has 1 aliphatic heterocycles. The number of primary amides is 1. The van der Waals surface area contributed by atoms with Gasteiger partial charge in [0.25, 0.3) is 0 Å². The first-order chi connectivity index (χ1) is 18.7. The van der Waals surface area contributed by atoms with E-state index in [1.807, 2.05) is 23.9 Å². The second-order valence-electron chi connectivity index (χ2n) is 11.8. The zero-order chi connectivity index (χ0) is 29.4. The summed E-state index contributed by atoms with van der Waals surface area (Å²) in [5, 5.41) is 45.5. The third-order valence-electron chi connectivity index (χ3n) is 8.93. The van der Waals surface area contributed by atoms with Crippen molar-refractivity contribution in [2.24, 2.45) is 17.6 Å². The molecule has 6 N–H and O–H groups in total. The third-order valence-corrected chi connectivity index (χ3v) is 8.93. The van der Waals surface area contributed by atoms with E-state index in [0.29, 0.717) is 31.6 Å². The summed E-state index contributed by atoms with van der Waals surface area (Å²) in [6, 6.07) is 0.572. The monoisotopic (exact) mass is 553 g/mol. The van der Waals surface area contributed by atoms with Crippen LogP contribution >= 0.6 is 0 Å². The number of Topliss-reactive ketones (excluding diaryl/α,β-unsaturated/α-hetero) is 1. The fourth-order valence-electron chi connectivity index (χ4n) is 7.31. The number of halogens is 1. The van der Waals surface area contributed by atoms with Crippen molar-refractivity contribution >= 4 is 36.1 Å². The molecule has 4 aliphatic rings. The summed E-state index contributed by atoms with van der Waals surface area (Å²) in [7, 11) is 13.1. The van der Waals surface area contributed by atoms with Crippen molar-refractivity contribution in [1.29, 1.82) is 0 Å². The second-order valence-corrected chi connectivity index (χ2v) is 11.8. The molecule has 5 rings (SSSR count). The van der Waals surface area contributed by atoms with Gasteiger partial charge in [0.1, 0.15) is 6.17 Å². The second kappa shape index (κ2) is 9.71. The molecule has 5 atom stereocenters. The molecule has 1 radical (unpaired) electrons. The van der Waals surface area contributed by atoms with E-state index in [0.717, 1.165) is 11.3 Å². The van der Waals surface area contributed by atoms with Gasteiger partial charge in [-0.15, -0.1) is 0 Å². The number of ketones is 1. The molecule has 12 heteroatoms. The van der Waals surface area contributed by atoms with Crippen LogP contribution in [0.5, 0.6) is 5.75 Å². The van der Waals surface area contributed by atoms with Crippen molar-refractivity contribution in [3.05, 3.63) is 39.7 Å². The number of carbonyl (C=O) groups is 2. The summed E-state index contributed by atoms with van der Waals surface area (Å²) in [6.45, 7) is 1.29. The van der Waals surface area contributed by atoms with Crippen molar-refractivity contribution in [1.82, 2.24) is 9.80 Å². The van der Waals surface area contributed by atoms with Crippen LogP contribution in [0.2, 0.25) is 0 Å². The number of nitrogens with zero attached hydrogens (tertiary/aromatic N) is 3. The Morgan fingerprint density at radius 1 is 1.25 bits per heavy atom. The van der Waals surface area contributed by atoms with Crippen LogP contribution < -0.4 is 10.6 Å². The number of nitrogens with two attached hydrogens (primary N) is 1. The van der Waals surface area contributed by atoms with Crippen LogP contribution in [-0.4, -0.2) is 114 Å². The number of alkyl halides is 1. The Balaban J connectivity index is 1.67. The zero-order valence-corrected chi connectivity index (χ0v) is 23.1. The van der Waals surface area contributed by atoms with E-state index >= 15 is 0 Å². The predicted octanol–water partition coefficient (Wildman–Crippen LogP) is 0.346. The number of hydrogen-bond acceptors (Lipinski definition) is 9. The van der Waals surface area contributed by atoms with Gasteiger partial charge in [-0.1, -0.05) is 0 Å². The minimum absolute atomic E-state index is 0.0888. The maximum atomic E-state index is 14.1. The predicted molar refractivity (Wildman–Crippen MR) is 149 cm³/mol. The topological polar surface area (TPSA) is 151 Å². The van der Waals surface area contributed by atoms with E-state index in [-0.39, 0.29) is 29.7 Å². The number of phenols is 1. The quantitative estimate of drug-likeness (QED) is 0.326. The molecule has 1 aromatic rings. The number of rotatable bonds is 5. The number of carbonyl (C=O) groups excluding carboxylic acids is 2. The van der Waals surface area contributed by atoms with Crippen LogP contribution in [0.25, 0.3) is 5.76 Å². The minimum atomic E-state index is -2.42. The third kappa shape index (κ3) is 3.99. The number of aromatic hydroxyl groups is 1. The molecule has 1 aromatic carbocycles. The number of fused-ring (bicyclic) bond motifs is 3. The molecule has 10 nitrogen and oxygen atoms in total. The van der Waals surface area contributed by atoms with E-state index in [1.165, 1.54) is 6.07 Å². The van der Waals surface area contributed by atoms with Gasteiger partial charge < -0.3 is 0 Å². The van der Waals surface area contributed by atoms with Crippen LogP contribution in [0.3, 0.4) is 0 Å². The molecule has 1 amide bonds. The molecule has 213 valence electrons. The Kier molecular flexibility index (Phi) is 6.87. The fourth-order valence-corrected chi connectivity index (χ4v) is 7.31. The average molecular weight is 553 g/mol. The maximum absolute atomic E-state index is 14.1. The fraction of sp³-hybridized carbons (Fsp3) is 0.536. The number of aliphatic hydroxyl groups excluding tert-OH is 2. The van der Waals surface area contributed by atoms with Gasteiger partial charge in [-0.05, 0) is 6.42 Å². The average Bonchev–Trinajstić information content (AvgIpc) is 3.24. The van der Waals surface area contributed by atoms with Crippen molar-refractivity contribution in [2.75, 3.05) is 46.2 Å². The summed E-state index contributed by atoms with van der Waals surface area (Å²) in [6.07, 6.45) is -0.0723. The van der Waals surface area contributed by atoms with Gasteiger partial charge >= 0.3 is 216 Å². The number of amides is 1. The van der Waals surface area contributed by atoms with E-state index in [4.69, 9.17) is 13.2 Å². The summed E-state index contributed by atoms with van der Waals surface area (Å²) >= 11 is 0. The molecule has 0 unspecified atom stereocenters. The Labute approximate surface area is 233 Å². The molecule has 0 bridgehead atoms. The van der Waals surface area contributed by atoms with Gasteiger partial charge in [0, 0.05) is 0 Å². The normalized spacial score (nSPS) is 30.4. The molecule has 2 fully saturated rings. The van der Waals surface area contributed by atoms with E-state index in [1.54, 1.807) is 19.0 Å². The summed E-state index contributed by atoms with van der Waals surface area (Å²) in [4.78, 5) is 31.7. The summed E-state index contributed by atoms with van der Waals surface area (Å²) in [5.41, 5.74) is 4.14. The Hall–Kier alpha value is -3.22. The number of aliphatic hydroxyl groups is 3. The SMILES string of the molecule is [B]=C1C(C(N)=O)=C(O)[C@@H](N(C)C)[C@@H]2C[C@@H]3Cc4c(c(O)cc(CN5CC[C@H](F)C5)c4N(C)C)C(O)=C3C(=O)[C@]12O. The molecular formula is C28H35BFN4O6. The summed E-state index contributed by atoms with van der Waals surface area (Å²) in [5.74, 6) is -4.64. The number of anilines is 1. The molecule has 1 saturated carbocycles. The molecular weight excluding hydrogens is 518 g/mol. The molecule has 1 saturated heterocycles. The number of likely N-dealkylation sites (N-methyl/N-ethyl adjacent to an activating group) is 1. The van der Waals surface area contributed by atoms with Gasteiger partial charge in [-0.3, -0.25) is 0 Å². The molecule has 3 aliphatic carbocycles. The number of phenolic OH excluding ortho intramolecular Hbond substituents is 1. The standard InChI is InChI=1S/C28H35BFN4O6/c1-32(2)21-13(10-34-6-5-14(30)11-34)9-17(35)19-15(21)7-12-8-16-22(33(3)4)24(37)20(27(31)39)25(29)28(16,40)26(38)18(12)23(19)36/h9,12,14,16,22,35-37,40H,5-8,10-11H2,1-4H3,(H2,31,39)/t12-,14-,16-,22-,28+/m0/s1. The van der Waals surface area contributed by atoms with Crippen LogP contribution in [0.1, 0.15) is 29.5 Å². The zero-order valence-electron chi connectivity index (χ0n) is 23.1. The van der Waals surface area contributed by atoms with Gasteiger partial charge in [-0.2, -0.15) is 0 Å². The Morgan fingerprint density at radius 3 is 2.48 bits per heavy atom. The summed E-state index contributed by atoms with van der Waals surface area (Å²) < 4.78 is 13.9. The molecule has 1 heterocycles. The Bertz CT molecular complexity index is 1390. The van der Waals surface area contributed by atoms with Gasteiger partial charge in [0.05, 0.1) is 0 Å². The van der Waals surface area contributed by atoms with Crippen molar-refractivity contribution < 1.29 is 34.4 Å². The number of likely N-dealkylation sites (tertiary alicyclic amines) is 1. The van der Waals surface area contributed by atoms with Crippen LogP contribution in [0.4, 0.5) is 10.1 Å².